The van der Waals surface area contributed by atoms with Gasteiger partial charge < -0.3 is 20.5 Å². The minimum Gasteiger partial charge on any atom is -0.477 e. The molecule has 0 spiro atoms. The maximum Gasteiger partial charge on any atom is 0.354 e. The molecule has 0 bridgehead atoms. The quantitative estimate of drug-likeness (QED) is 0.692. The van der Waals surface area contributed by atoms with Crippen LogP contribution in [0.3, 0.4) is 0 Å². The topological polar surface area (TPSA) is 101 Å². The second-order valence-electron chi connectivity index (χ2n) is 4.24. The van der Waals surface area contributed by atoms with Crippen LogP contribution in [0.15, 0.2) is 18.3 Å². The maximum absolute atomic E-state index is 11.6. The molecule has 0 saturated heterocycles. The number of rotatable bonds is 7. The SMILES string of the molecule is CCOCC(C)NC(=O)NCc1ccc(C(=O)O)nc1. The van der Waals surface area contributed by atoms with Gasteiger partial charge >= 0.3 is 12.0 Å². The number of carboxylic acid groups (broad SMARTS) is 1. The third-order valence-electron chi connectivity index (χ3n) is 2.45. The van der Waals surface area contributed by atoms with Crippen molar-refractivity contribution in [3.05, 3.63) is 29.6 Å². The van der Waals surface area contributed by atoms with E-state index in [0.717, 1.165) is 5.56 Å². The van der Waals surface area contributed by atoms with Crippen LogP contribution < -0.4 is 10.6 Å². The lowest BCUT2D eigenvalue weighted by Gasteiger charge is -2.14. The van der Waals surface area contributed by atoms with Gasteiger partial charge in [0.1, 0.15) is 5.69 Å². The molecular weight excluding hydrogens is 262 g/mol. The average Bonchev–Trinajstić information content (AvgIpc) is 2.43. The van der Waals surface area contributed by atoms with Crippen LogP contribution in [0.2, 0.25) is 0 Å². The summed E-state index contributed by atoms with van der Waals surface area (Å²) >= 11 is 0. The molecule has 0 fully saturated rings. The fourth-order valence-electron chi connectivity index (χ4n) is 1.45. The summed E-state index contributed by atoms with van der Waals surface area (Å²) in [5, 5.41) is 14.1. The van der Waals surface area contributed by atoms with Crippen molar-refractivity contribution in [2.75, 3.05) is 13.2 Å². The number of aromatic nitrogens is 1. The van der Waals surface area contributed by atoms with E-state index in [0.29, 0.717) is 13.2 Å². The number of carbonyl (C=O) groups is 2. The normalized spacial score (nSPS) is 11.7. The van der Waals surface area contributed by atoms with Crippen molar-refractivity contribution in [2.45, 2.75) is 26.4 Å². The highest BCUT2D eigenvalue weighted by atomic mass is 16.5. The van der Waals surface area contributed by atoms with Crippen LogP contribution in [0, 0.1) is 0 Å². The molecule has 1 rings (SSSR count). The number of nitrogens with zero attached hydrogens (tertiary/aromatic N) is 1. The zero-order valence-electron chi connectivity index (χ0n) is 11.5. The molecule has 1 unspecified atom stereocenters. The first-order valence-corrected chi connectivity index (χ1v) is 6.33. The third-order valence-corrected chi connectivity index (χ3v) is 2.45. The summed E-state index contributed by atoms with van der Waals surface area (Å²) in [6.07, 6.45) is 1.42. The van der Waals surface area contributed by atoms with Crippen molar-refractivity contribution in [1.29, 1.82) is 0 Å². The van der Waals surface area contributed by atoms with E-state index in [1.54, 1.807) is 6.07 Å². The molecular formula is C13H19N3O4. The van der Waals surface area contributed by atoms with Gasteiger partial charge in [0.2, 0.25) is 0 Å². The molecule has 0 aromatic carbocycles. The van der Waals surface area contributed by atoms with Gasteiger partial charge in [0.05, 0.1) is 12.6 Å². The predicted octanol–water partition coefficient (Wildman–Crippen LogP) is 1.00. The van der Waals surface area contributed by atoms with Crippen LogP contribution in [0.1, 0.15) is 29.9 Å². The Kier molecular flexibility index (Phi) is 6.45. The summed E-state index contributed by atoms with van der Waals surface area (Å²) in [6.45, 7) is 5.08. The maximum atomic E-state index is 11.6. The van der Waals surface area contributed by atoms with Crippen molar-refractivity contribution >= 4 is 12.0 Å². The van der Waals surface area contributed by atoms with E-state index < -0.39 is 5.97 Å². The number of ether oxygens (including phenoxy) is 1. The highest BCUT2D eigenvalue weighted by Gasteiger charge is 2.07. The Hall–Kier alpha value is -2.15. The van der Waals surface area contributed by atoms with E-state index >= 15 is 0 Å². The summed E-state index contributed by atoms with van der Waals surface area (Å²) in [5.74, 6) is -1.08. The summed E-state index contributed by atoms with van der Waals surface area (Å²) in [6, 6.07) is 2.62. The Labute approximate surface area is 117 Å². The number of urea groups is 1. The van der Waals surface area contributed by atoms with Gasteiger partial charge in [-0.1, -0.05) is 6.07 Å². The van der Waals surface area contributed by atoms with Crippen molar-refractivity contribution in [2.24, 2.45) is 0 Å². The van der Waals surface area contributed by atoms with Crippen molar-refractivity contribution in [3.8, 4) is 0 Å². The van der Waals surface area contributed by atoms with Gasteiger partial charge in [-0.25, -0.2) is 14.6 Å². The molecule has 2 amide bonds. The molecule has 1 aromatic heterocycles. The fourth-order valence-corrected chi connectivity index (χ4v) is 1.45. The number of amides is 2. The van der Waals surface area contributed by atoms with Gasteiger partial charge in [-0.15, -0.1) is 0 Å². The minimum atomic E-state index is -1.08. The molecule has 0 saturated carbocycles. The summed E-state index contributed by atoms with van der Waals surface area (Å²) in [5.41, 5.74) is 0.700. The van der Waals surface area contributed by atoms with Crippen LogP contribution in [0.4, 0.5) is 4.79 Å². The predicted molar refractivity (Wildman–Crippen MR) is 72.5 cm³/mol. The van der Waals surface area contributed by atoms with E-state index in [2.05, 4.69) is 15.6 Å². The zero-order chi connectivity index (χ0) is 15.0. The Bertz CT molecular complexity index is 447. The van der Waals surface area contributed by atoms with Crippen molar-refractivity contribution in [3.63, 3.8) is 0 Å². The molecule has 0 aliphatic carbocycles. The van der Waals surface area contributed by atoms with Crippen LogP contribution in [-0.2, 0) is 11.3 Å². The first-order valence-electron chi connectivity index (χ1n) is 6.33. The van der Waals surface area contributed by atoms with E-state index in [4.69, 9.17) is 9.84 Å². The van der Waals surface area contributed by atoms with E-state index in [1.807, 2.05) is 13.8 Å². The molecule has 0 radical (unpaired) electrons. The lowest BCUT2D eigenvalue weighted by atomic mass is 10.2. The molecule has 1 atom stereocenters. The van der Waals surface area contributed by atoms with Gasteiger partial charge in [-0.05, 0) is 25.5 Å². The number of pyridine rings is 1. The second kappa shape index (κ2) is 8.11. The Balaban J connectivity index is 2.35. The Morgan fingerprint density at radius 3 is 2.75 bits per heavy atom. The number of hydrogen-bond donors (Lipinski definition) is 3. The molecule has 7 heteroatoms. The molecule has 1 aromatic rings. The second-order valence-corrected chi connectivity index (χ2v) is 4.24. The number of nitrogens with one attached hydrogen (secondary N) is 2. The molecule has 3 N–H and O–H groups in total. The average molecular weight is 281 g/mol. The monoisotopic (exact) mass is 281 g/mol. The van der Waals surface area contributed by atoms with Crippen LogP contribution in [0.25, 0.3) is 0 Å². The molecule has 0 aliphatic heterocycles. The van der Waals surface area contributed by atoms with E-state index in [1.165, 1.54) is 12.3 Å². The van der Waals surface area contributed by atoms with Crippen molar-refractivity contribution in [1.82, 2.24) is 15.6 Å². The van der Waals surface area contributed by atoms with E-state index in [-0.39, 0.29) is 24.3 Å². The van der Waals surface area contributed by atoms with Crippen LogP contribution >= 0.6 is 0 Å². The third kappa shape index (κ3) is 5.66. The number of carboxylic acids is 1. The zero-order valence-corrected chi connectivity index (χ0v) is 11.5. The fraction of sp³-hybridized carbons (Fsp3) is 0.462. The number of aromatic carboxylic acids is 1. The van der Waals surface area contributed by atoms with Crippen molar-refractivity contribution < 1.29 is 19.4 Å². The highest BCUT2D eigenvalue weighted by Crippen LogP contribution is 2.00. The van der Waals surface area contributed by atoms with Crippen LogP contribution in [-0.4, -0.2) is 41.3 Å². The van der Waals surface area contributed by atoms with Gasteiger partial charge in [0.25, 0.3) is 0 Å². The molecule has 20 heavy (non-hydrogen) atoms. The van der Waals surface area contributed by atoms with Gasteiger partial charge in [0, 0.05) is 19.3 Å². The molecule has 7 nitrogen and oxygen atoms in total. The van der Waals surface area contributed by atoms with Gasteiger partial charge in [-0.2, -0.15) is 0 Å². The number of carbonyl (C=O) groups excluding carboxylic acids is 1. The highest BCUT2D eigenvalue weighted by molar-refractivity contribution is 5.85. The van der Waals surface area contributed by atoms with Gasteiger partial charge in [-0.3, -0.25) is 0 Å². The molecule has 1 heterocycles. The lowest BCUT2D eigenvalue weighted by Crippen LogP contribution is -2.42. The first-order chi connectivity index (χ1) is 9.52. The molecule has 0 aliphatic rings. The number of hydrogen-bond acceptors (Lipinski definition) is 4. The van der Waals surface area contributed by atoms with E-state index in [9.17, 15) is 9.59 Å². The first kappa shape index (κ1) is 15.9. The smallest absolute Gasteiger partial charge is 0.354 e. The Morgan fingerprint density at radius 1 is 1.45 bits per heavy atom. The minimum absolute atomic E-state index is 0.0245. The largest absolute Gasteiger partial charge is 0.477 e. The van der Waals surface area contributed by atoms with Crippen LogP contribution in [0.5, 0.6) is 0 Å². The Morgan fingerprint density at radius 2 is 2.20 bits per heavy atom. The lowest BCUT2D eigenvalue weighted by molar-refractivity contribution is 0.0690. The molecule has 110 valence electrons. The standard InChI is InChI=1S/C13H19N3O4/c1-3-20-8-9(2)16-13(19)15-7-10-4-5-11(12(17)18)14-6-10/h4-6,9H,3,7-8H2,1-2H3,(H,17,18)(H2,15,16,19). The summed E-state index contributed by atoms with van der Waals surface area (Å²) in [4.78, 5) is 26.0. The van der Waals surface area contributed by atoms with Gasteiger partial charge in [0.15, 0.2) is 0 Å². The summed E-state index contributed by atoms with van der Waals surface area (Å²) in [7, 11) is 0. The summed E-state index contributed by atoms with van der Waals surface area (Å²) < 4.78 is 5.19.